The van der Waals surface area contributed by atoms with Crippen molar-refractivity contribution in [2.24, 2.45) is 7.05 Å². The molecule has 22 heavy (non-hydrogen) atoms. The largest absolute Gasteiger partial charge is 0.384 e. The Kier molecular flexibility index (Phi) is 4.57. The number of nitrogens with one attached hydrogen (secondary N) is 1. The summed E-state index contributed by atoms with van der Waals surface area (Å²) in [6, 6.07) is 17.3. The summed E-state index contributed by atoms with van der Waals surface area (Å²) in [5, 5.41) is 6.31. The molecule has 1 heterocycles. The lowest BCUT2D eigenvalue weighted by Gasteiger charge is -2.12. The first-order valence-electron chi connectivity index (χ1n) is 8.36. The van der Waals surface area contributed by atoms with Crippen LogP contribution in [0.3, 0.4) is 0 Å². The van der Waals surface area contributed by atoms with Gasteiger partial charge in [-0.25, -0.2) is 0 Å². The maximum Gasteiger partial charge on any atom is 0.214 e. The molecule has 0 saturated carbocycles. The molecule has 3 aromatic rings. The van der Waals surface area contributed by atoms with E-state index in [0.29, 0.717) is 0 Å². The fourth-order valence-electron chi connectivity index (χ4n) is 3.19. The monoisotopic (exact) mass is 293 g/mol. The van der Waals surface area contributed by atoms with Gasteiger partial charge >= 0.3 is 0 Å². The molecular weight excluding hydrogens is 268 g/mol. The van der Waals surface area contributed by atoms with Gasteiger partial charge in [-0.05, 0) is 18.6 Å². The molecule has 2 heteroatoms. The Bertz CT molecular complexity index is 720. The van der Waals surface area contributed by atoms with Gasteiger partial charge in [-0.2, -0.15) is 4.57 Å². The number of aromatic nitrogens is 1. The molecule has 114 valence electrons. The number of benzene rings is 2. The first-order chi connectivity index (χ1) is 10.8. The number of rotatable bonds is 6. The number of unbranched alkanes of at least 4 members (excludes halogenated alkanes) is 3. The van der Waals surface area contributed by atoms with Crippen LogP contribution in [0.25, 0.3) is 21.8 Å². The summed E-state index contributed by atoms with van der Waals surface area (Å²) in [7, 11) is 2.15. The Morgan fingerprint density at radius 1 is 0.818 bits per heavy atom. The second-order valence-corrected chi connectivity index (χ2v) is 5.96. The van der Waals surface area contributed by atoms with Crippen LogP contribution in [0, 0.1) is 0 Å². The molecule has 0 aliphatic carbocycles. The van der Waals surface area contributed by atoms with Gasteiger partial charge in [-0.15, -0.1) is 0 Å². The van der Waals surface area contributed by atoms with E-state index in [9.17, 15) is 0 Å². The highest BCUT2D eigenvalue weighted by molar-refractivity contribution is 6.04. The van der Waals surface area contributed by atoms with Gasteiger partial charge in [0, 0.05) is 18.7 Å². The fourth-order valence-corrected chi connectivity index (χ4v) is 3.19. The van der Waals surface area contributed by atoms with E-state index in [1.54, 1.807) is 0 Å². The normalized spacial score (nSPS) is 11.2. The molecule has 0 radical (unpaired) electrons. The van der Waals surface area contributed by atoms with Crippen molar-refractivity contribution < 1.29 is 4.57 Å². The molecule has 1 aromatic heterocycles. The Morgan fingerprint density at radius 2 is 1.41 bits per heavy atom. The van der Waals surface area contributed by atoms with Crippen LogP contribution in [0.15, 0.2) is 48.5 Å². The van der Waals surface area contributed by atoms with Gasteiger partial charge in [0.05, 0.1) is 16.5 Å². The van der Waals surface area contributed by atoms with Crippen LogP contribution in [-0.2, 0) is 7.05 Å². The lowest BCUT2D eigenvalue weighted by molar-refractivity contribution is -0.617. The summed E-state index contributed by atoms with van der Waals surface area (Å²) in [5.74, 6) is 0. The Balaban J connectivity index is 2.03. The van der Waals surface area contributed by atoms with Gasteiger partial charge in [0.25, 0.3) is 0 Å². The van der Waals surface area contributed by atoms with Crippen molar-refractivity contribution in [3.8, 4) is 0 Å². The van der Waals surface area contributed by atoms with Gasteiger partial charge in [-0.3, -0.25) is 0 Å². The number of fused-ring (bicyclic) bond motifs is 2. The van der Waals surface area contributed by atoms with E-state index in [0.717, 1.165) is 6.54 Å². The third-order valence-electron chi connectivity index (χ3n) is 4.40. The van der Waals surface area contributed by atoms with Crippen molar-refractivity contribution in [3.63, 3.8) is 0 Å². The highest BCUT2D eigenvalue weighted by Gasteiger charge is 2.16. The smallest absolute Gasteiger partial charge is 0.214 e. The van der Waals surface area contributed by atoms with Gasteiger partial charge in [0.2, 0.25) is 11.0 Å². The Hall–Kier alpha value is -2.09. The van der Waals surface area contributed by atoms with E-state index in [1.165, 1.54) is 53.2 Å². The van der Waals surface area contributed by atoms with Crippen molar-refractivity contribution in [1.82, 2.24) is 0 Å². The van der Waals surface area contributed by atoms with Crippen LogP contribution in [0.5, 0.6) is 0 Å². The molecular formula is C20H25N2+. The summed E-state index contributed by atoms with van der Waals surface area (Å²) in [4.78, 5) is 0. The van der Waals surface area contributed by atoms with Crippen molar-refractivity contribution in [2.75, 3.05) is 11.9 Å². The van der Waals surface area contributed by atoms with E-state index in [1.807, 2.05) is 0 Å². The summed E-state index contributed by atoms with van der Waals surface area (Å²) in [6.07, 6.45) is 5.15. The molecule has 0 fully saturated rings. The summed E-state index contributed by atoms with van der Waals surface area (Å²) < 4.78 is 2.28. The number of hydrogen-bond acceptors (Lipinski definition) is 1. The van der Waals surface area contributed by atoms with Crippen molar-refractivity contribution in [1.29, 1.82) is 0 Å². The highest BCUT2D eigenvalue weighted by Crippen LogP contribution is 2.29. The van der Waals surface area contributed by atoms with Crippen LogP contribution in [-0.4, -0.2) is 6.54 Å². The molecule has 3 rings (SSSR count). The molecule has 0 unspecified atom stereocenters. The molecule has 0 amide bonds. The van der Waals surface area contributed by atoms with Crippen LogP contribution >= 0.6 is 0 Å². The number of anilines is 1. The van der Waals surface area contributed by atoms with Gasteiger partial charge < -0.3 is 5.32 Å². The molecule has 0 saturated heterocycles. The molecule has 0 atom stereocenters. The number of nitrogens with zero attached hydrogens (tertiary/aromatic N) is 1. The minimum atomic E-state index is 1.04. The third-order valence-corrected chi connectivity index (χ3v) is 4.40. The first kappa shape index (κ1) is 14.8. The predicted octanol–water partition coefficient (Wildman–Crippen LogP) is 4.81. The predicted molar refractivity (Wildman–Crippen MR) is 95.3 cm³/mol. The van der Waals surface area contributed by atoms with Gasteiger partial charge in [0.1, 0.15) is 7.05 Å². The van der Waals surface area contributed by atoms with Crippen LogP contribution in [0.2, 0.25) is 0 Å². The SMILES string of the molecule is CCCCCCNc1c2ccccc2[n+](C)c2ccccc12. The van der Waals surface area contributed by atoms with Gasteiger partial charge in [0.15, 0.2) is 0 Å². The molecule has 0 bridgehead atoms. The second kappa shape index (κ2) is 6.78. The van der Waals surface area contributed by atoms with E-state index in [-0.39, 0.29) is 0 Å². The van der Waals surface area contributed by atoms with Crippen LogP contribution < -0.4 is 9.88 Å². The Labute approximate surface area is 132 Å². The Morgan fingerprint density at radius 3 is 2.00 bits per heavy atom. The summed E-state index contributed by atoms with van der Waals surface area (Å²) >= 11 is 0. The number of hydrogen-bond donors (Lipinski definition) is 1. The average molecular weight is 293 g/mol. The average Bonchev–Trinajstić information content (AvgIpc) is 2.57. The van der Waals surface area contributed by atoms with E-state index in [2.05, 4.69) is 72.4 Å². The molecule has 2 nitrogen and oxygen atoms in total. The second-order valence-electron chi connectivity index (χ2n) is 5.96. The zero-order valence-corrected chi connectivity index (χ0v) is 13.6. The molecule has 2 aromatic carbocycles. The summed E-state index contributed by atoms with van der Waals surface area (Å²) in [5.41, 5.74) is 3.83. The fraction of sp³-hybridized carbons (Fsp3) is 0.350. The molecule has 1 N–H and O–H groups in total. The van der Waals surface area contributed by atoms with Crippen molar-refractivity contribution in [2.45, 2.75) is 32.6 Å². The number of pyridine rings is 1. The lowest BCUT2D eigenvalue weighted by atomic mass is 10.1. The third kappa shape index (κ3) is 2.78. The topological polar surface area (TPSA) is 15.9 Å². The summed E-state index contributed by atoms with van der Waals surface area (Å²) in [6.45, 7) is 3.30. The van der Waals surface area contributed by atoms with Crippen LogP contribution in [0.1, 0.15) is 32.6 Å². The van der Waals surface area contributed by atoms with E-state index >= 15 is 0 Å². The number of para-hydroxylation sites is 2. The zero-order valence-electron chi connectivity index (χ0n) is 13.6. The zero-order chi connectivity index (χ0) is 15.4. The molecule has 0 spiro atoms. The standard InChI is InChI=1S/C20H24N2/c1-3-4-5-10-15-21-20-16-11-6-8-13-18(16)22(2)19-14-9-7-12-17(19)20/h6-9,11-14H,3-5,10,15H2,1-2H3/p+1. The van der Waals surface area contributed by atoms with Crippen molar-refractivity contribution in [3.05, 3.63) is 48.5 Å². The minimum absolute atomic E-state index is 1.04. The maximum atomic E-state index is 3.70. The molecule has 0 aliphatic heterocycles. The highest BCUT2D eigenvalue weighted by atomic mass is 15.0. The van der Waals surface area contributed by atoms with Crippen molar-refractivity contribution >= 4 is 27.5 Å². The minimum Gasteiger partial charge on any atom is -0.384 e. The quantitative estimate of drug-likeness (QED) is 0.392. The first-order valence-corrected chi connectivity index (χ1v) is 8.36. The maximum absolute atomic E-state index is 3.70. The lowest BCUT2D eigenvalue weighted by Crippen LogP contribution is -2.30. The van der Waals surface area contributed by atoms with E-state index in [4.69, 9.17) is 0 Å². The van der Waals surface area contributed by atoms with Crippen LogP contribution in [0.4, 0.5) is 5.69 Å². The van der Waals surface area contributed by atoms with Gasteiger partial charge in [-0.1, -0.05) is 50.5 Å². The van der Waals surface area contributed by atoms with E-state index < -0.39 is 0 Å². The number of aryl methyl sites for hydroxylation is 1. The molecule has 0 aliphatic rings.